The van der Waals surface area contributed by atoms with Crippen molar-refractivity contribution in [3.63, 3.8) is 0 Å². The summed E-state index contributed by atoms with van der Waals surface area (Å²) < 4.78 is 1.62. The molecular formula is C38H27ClN6O2S. The Labute approximate surface area is 286 Å². The van der Waals surface area contributed by atoms with Gasteiger partial charge in [0.1, 0.15) is 11.7 Å². The SMILES string of the molecule is CC1=NN(c2ccccc2)C(=O)C1C1=CSC2=Nc3nc(/C=C/c4ccccc4)n(-c4ccccc4)c(=O)c3C(c3ccc(Cl)cc3)N12. The van der Waals surface area contributed by atoms with E-state index in [0.717, 1.165) is 11.1 Å². The van der Waals surface area contributed by atoms with Gasteiger partial charge in [-0.05, 0) is 65.9 Å². The number of para-hydroxylation sites is 2. The first kappa shape index (κ1) is 29.9. The number of rotatable bonds is 6. The van der Waals surface area contributed by atoms with Gasteiger partial charge in [-0.25, -0.2) is 9.98 Å². The number of fused-ring (bicyclic) bond motifs is 2. The van der Waals surface area contributed by atoms with Crippen LogP contribution in [0.3, 0.4) is 0 Å². The molecule has 0 N–H and O–H groups in total. The Bertz CT molecular complexity index is 2230. The molecule has 3 aliphatic heterocycles. The van der Waals surface area contributed by atoms with Crippen LogP contribution in [0.4, 0.5) is 11.5 Å². The van der Waals surface area contributed by atoms with Gasteiger partial charge in [0.15, 0.2) is 11.0 Å². The first-order chi connectivity index (χ1) is 23.5. The molecule has 0 radical (unpaired) electrons. The number of thioether (sulfide) groups is 1. The molecule has 48 heavy (non-hydrogen) atoms. The molecule has 0 fully saturated rings. The summed E-state index contributed by atoms with van der Waals surface area (Å²) in [6.07, 6.45) is 3.78. The molecule has 1 aromatic heterocycles. The minimum absolute atomic E-state index is 0.173. The second-order valence-corrected chi connectivity index (χ2v) is 12.7. The van der Waals surface area contributed by atoms with Gasteiger partial charge in [0.25, 0.3) is 11.5 Å². The first-order valence-corrected chi connectivity index (χ1v) is 16.6. The lowest BCUT2D eigenvalue weighted by molar-refractivity contribution is -0.119. The van der Waals surface area contributed by atoms with Crippen LogP contribution in [-0.4, -0.2) is 31.2 Å². The number of carbonyl (C=O) groups excluding carboxylic acids is 1. The van der Waals surface area contributed by atoms with Gasteiger partial charge in [-0.1, -0.05) is 108 Å². The number of aliphatic imine (C=N–C) groups is 1. The minimum Gasteiger partial charge on any atom is -0.311 e. The average Bonchev–Trinajstić information content (AvgIpc) is 3.66. The zero-order valence-corrected chi connectivity index (χ0v) is 27.2. The van der Waals surface area contributed by atoms with Crippen LogP contribution in [0.25, 0.3) is 17.8 Å². The molecule has 4 aromatic carbocycles. The number of anilines is 1. The Kier molecular flexibility index (Phi) is 7.63. The highest BCUT2D eigenvalue weighted by atomic mass is 35.5. The van der Waals surface area contributed by atoms with Crippen molar-refractivity contribution < 1.29 is 4.79 Å². The molecule has 0 spiro atoms. The summed E-state index contributed by atoms with van der Waals surface area (Å²) in [6.45, 7) is 1.86. The van der Waals surface area contributed by atoms with Crippen molar-refractivity contribution >= 4 is 63.8 Å². The largest absolute Gasteiger partial charge is 0.311 e. The van der Waals surface area contributed by atoms with Gasteiger partial charge in [0.05, 0.1) is 28.7 Å². The third-order valence-electron chi connectivity index (χ3n) is 8.48. The monoisotopic (exact) mass is 666 g/mol. The van der Waals surface area contributed by atoms with Gasteiger partial charge in [0.2, 0.25) is 0 Å². The van der Waals surface area contributed by atoms with Gasteiger partial charge in [-0.2, -0.15) is 10.1 Å². The van der Waals surface area contributed by atoms with Crippen molar-refractivity contribution in [2.75, 3.05) is 5.01 Å². The number of carbonyl (C=O) groups is 1. The van der Waals surface area contributed by atoms with E-state index in [-0.39, 0.29) is 11.5 Å². The van der Waals surface area contributed by atoms with Gasteiger partial charge in [-0.3, -0.25) is 14.2 Å². The lowest BCUT2D eigenvalue weighted by atomic mass is 9.93. The maximum atomic E-state index is 14.9. The lowest BCUT2D eigenvalue weighted by Gasteiger charge is -2.37. The molecule has 8 nitrogen and oxygen atoms in total. The summed E-state index contributed by atoms with van der Waals surface area (Å²) in [5, 5.41) is 9.25. The normalized spacial score (nSPS) is 18.5. The number of amidine groups is 1. The van der Waals surface area contributed by atoms with Gasteiger partial charge in [-0.15, -0.1) is 0 Å². The van der Waals surface area contributed by atoms with E-state index in [4.69, 9.17) is 21.6 Å². The Balaban J connectivity index is 1.30. The van der Waals surface area contributed by atoms with Gasteiger partial charge < -0.3 is 4.90 Å². The Morgan fingerprint density at radius 3 is 2.12 bits per heavy atom. The fourth-order valence-electron chi connectivity index (χ4n) is 6.26. The van der Waals surface area contributed by atoms with Gasteiger partial charge in [0, 0.05) is 10.7 Å². The molecule has 5 aromatic rings. The quantitative estimate of drug-likeness (QED) is 0.183. The number of halogens is 1. The van der Waals surface area contributed by atoms with E-state index < -0.39 is 12.0 Å². The fourth-order valence-corrected chi connectivity index (χ4v) is 7.33. The summed E-state index contributed by atoms with van der Waals surface area (Å²) in [4.78, 5) is 40.9. The fraction of sp³-hybridized carbons (Fsp3) is 0.0789. The molecule has 0 bridgehead atoms. The highest BCUT2D eigenvalue weighted by Crippen LogP contribution is 2.48. The number of nitrogens with zero attached hydrogens (tertiary/aromatic N) is 6. The van der Waals surface area contributed by atoms with E-state index >= 15 is 0 Å². The van der Waals surface area contributed by atoms with Crippen molar-refractivity contribution in [2.45, 2.75) is 13.0 Å². The van der Waals surface area contributed by atoms with E-state index in [1.807, 2.05) is 133 Å². The molecule has 4 heterocycles. The number of hydrogen-bond donors (Lipinski definition) is 0. The molecule has 234 valence electrons. The van der Waals surface area contributed by atoms with E-state index in [2.05, 4.69) is 5.10 Å². The molecular weight excluding hydrogens is 640 g/mol. The Hall–Kier alpha value is -5.51. The number of amides is 1. The molecule has 0 aliphatic carbocycles. The van der Waals surface area contributed by atoms with Gasteiger partial charge >= 0.3 is 0 Å². The predicted octanol–water partition coefficient (Wildman–Crippen LogP) is 8.08. The van der Waals surface area contributed by atoms with Crippen molar-refractivity contribution in [3.8, 4) is 5.69 Å². The zero-order valence-electron chi connectivity index (χ0n) is 25.6. The summed E-state index contributed by atoms with van der Waals surface area (Å²) >= 11 is 7.75. The van der Waals surface area contributed by atoms with Crippen LogP contribution >= 0.6 is 23.4 Å². The predicted molar refractivity (Wildman–Crippen MR) is 194 cm³/mol. The number of aromatic nitrogens is 2. The second-order valence-electron chi connectivity index (χ2n) is 11.5. The third-order valence-corrected chi connectivity index (χ3v) is 9.59. The Morgan fingerprint density at radius 2 is 1.44 bits per heavy atom. The van der Waals surface area contributed by atoms with E-state index in [9.17, 15) is 9.59 Å². The van der Waals surface area contributed by atoms with E-state index in [0.29, 0.717) is 50.2 Å². The summed E-state index contributed by atoms with van der Waals surface area (Å²) in [5.41, 5.74) is 4.65. The van der Waals surface area contributed by atoms with Crippen LogP contribution in [0.15, 0.2) is 141 Å². The topological polar surface area (TPSA) is 83.2 Å². The third kappa shape index (κ3) is 5.17. The molecule has 3 aliphatic rings. The standard InChI is InChI=1S/C38H27ClN6O2S/c1-24-32(37(47)45(42-24)29-15-9-4-10-16-29)30-23-48-38-41-35-33(34(44(30)38)26-18-20-27(39)21-19-26)36(46)43(28-13-7-3-8-14-28)31(40-35)22-17-25-11-5-2-6-12-25/h2-23,32,34H,1H3/b22-17+. The van der Waals surface area contributed by atoms with Crippen molar-refractivity contribution in [1.29, 1.82) is 0 Å². The molecule has 10 heteroatoms. The van der Waals surface area contributed by atoms with E-state index in [1.165, 1.54) is 16.8 Å². The second kappa shape index (κ2) is 12.3. The highest BCUT2D eigenvalue weighted by molar-refractivity contribution is 8.16. The van der Waals surface area contributed by atoms with E-state index in [1.54, 1.807) is 16.7 Å². The summed E-state index contributed by atoms with van der Waals surface area (Å²) in [5.74, 6) is -0.0554. The highest BCUT2D eigenvalue weighted by Gasteiger charge is 2.47. The number of hydrazone groups is 1. The van der Waals surface area contributed by atoms with Crippen LogP contribution in [0.2, 0.25) is 5.02 Å². The van der Waals surface area contributed by atoms with Crippen LogP contribution in [0.1, 0.15) is 35.5 Å². The van der Waals surface area contributed by atoms with Crippen molar-refractivity contribution in [3.05, 3.63) is 164 Å². The number of hydrogen-bond acceptors (Lipinski definition) is 7. The number of benzene rings is 4. The molecule has 1 amide bonds. The van der Waals surface area contributed by atoms with Crippen LogP contribution < -0.4 is 10.6 Å². The van der Waals surface area contributed by atoms with Crippen molar-refractivity contribution in [1.82, 2.24) is 14.5 Å². The maximum Gasteiger partial charge on any atom is 0.266 e. The van der Waals surface area contributed by atoms with Crippen LogP contribution in [0.5, 0.6) is 0 Å². The average molecular weight is 667 g/mol. The molecule has 2 atom stereocenters. The van der Waals surface area contributed by atoms with Crippen LogP contribution in [-0.2, 0) is 4.79 Å². The maximum absolute atomic E-state index is 14.9. The Morgan fingerprint density at radius 1 is 0.792 bits per heavy atom. The molecule has 0 saturated heterocycles. The van der Waals surface area contributed by atoms with Crippen molar-refractivity contribution in [2.24, 2.45) is 16.0 Å². The smallest absolute Gasteiger partial charge is 0.266 e. The minimum atomic E-state index is -0.667. The first-order valence-electron chi connectivity index (χ1n) is 15.4. The molecule has 0 saturated carbocycles. The van der Waals surface area contributed by atoms with Crippen LogP contribution in [0, 0.1) is 5.92 Å². The summed E-state index contributed by atoms with van der Waals surface area (Å²) in [7, 11) is 0. The zero-order chi connectivity index (χ0) is 32.8. The summed E-state index contributed by atoms with van der Waals surface area (Å²) in [6, 6.07) is 35.5. The lowest BCUT2D eigenvalue weighted by Crippen LogP contribution is -2.42. The molecule has 2 unspecified atom stereocenters. The molecule has 8 rings (SSSR count).